The van der Waals surface area contributed by atoms with Crippen molar-refractivity contribution >= 4 is 5.69 Å². The van der Waals surface area contributed by atoms with Crippen molar-refractivity contribution in [1.29, 1.82) is 0 Å². The highest BCUT2D eigenvalue weighted by molar-refractivity contribution is 5.54. The van der Waals surface area contributed by atoms with Crippen LogP contribution in [0.5, 0.6) is 0 Å². The summed E-state index contributed by atoms with van der Waals surface area (Å²) in [4.78, 5) is 0. The molecule has 0 aromatic heterocycles. The van der Waals surface area contributed by atoms with Crippen LogP contribution in [-0.4, -0.2) is 13.1 Å². The summed E-state index contributed by atoms with van der Waals surface area (Å²) < 4.78 is 0. The van der Waals surface area contributed by atoms with Gasteiger partial charge in [0.25, 0.3) is 0 Å². The second-order valence-electron chi connectivity index (χ2n) is 6.33. The summed E-state index contributed by atoms with van der Waals surface area (Å²) in [6.45, 7) is 5.68. The van der Waals surface area contributed by atoms with E-state index in [2.05, 4.69) is 35.8 Å². The van der Waals surface area contributed by atoms with Gasteiger partial charge in [-0.15, -0.1) is 0 Å². The highest BCUT2D eigenvalue weighted by Crippen LogP contribution is 2.43. The maximum absolute atomic E-state index is 3.68. The number of anilines is 1. The Hall–Kier alpha value is -1.02. The first-order valence-electron chi connectivity index (χ1n) is 7.88. The van der Waals surface area contributed by atoms with E-state index in [0.717, 1.165) is 13.1 Å². The standard InChI is InChI=1S/C17H26N2/c1-2-17(8-4-9-17)13-18-12-14-6-7-16-15(11-14)5-3-10-19-16/h6-7,11,18-19H,2-5,8-10,12-13H2,1H3. The van der Waals surface area contributed by atoms with Crippen LogP contribution in [0.2, 0.25) is 0 Å². The predicted octanol–water partition coefficient (Wildman–Crippen LogP) is 3.71. The predicted molar refractivity (Wildman–Crippen MR) is 81.5 cm³/mol. The van der Waals surface area contributed by atoms with Gasteiger partial charge in [0.15, 0.2) is 0 Å². The zero-order valence-electron chi connectivity index (χ0n) is 12.1. The molecule has 104 valence electrons. The Kier molecular flexibility index (Phi) is 3.79. The van der Waals surface area contributed by atoms with Crippen LogP contribution < -0.4 is 10.6 Å². The molecule has 0 radical (unpaired) electrons. The van der Waals surface area contributed by atoms with Crippen LogP contribution in [-0.2, 0) is 13.0 Å². The van der Waals surface area contributed by atoms with E-state index in [1.54, 1.807) is 0 Å². The molecule has 0 atom stereocenters. The molecule has 2 heteroatoms. The Balaban J connectivity index is 1.55. The van der Waals surface area contributed by atoms with Crippen LogP contribution in [0.4, 0.5) is 5.69 Å². The molecule has 1 aliphatic heterocycles. The van der Waals surface area contributed by atoms with Gasteiger partial charge in [0, 0.05) is 25.3 Å². The number of rotatable bonds is 5. The summed E-state index contributed by atoms with van der Waals surface area (Å²) in [5.74, 6) is 0. The minimum atomic E-state index is 0.621. The summed E-state index contributed by atoms with van der Waals surface area (Å²) in [6, 6.07) is 6.90. The normalized spacial score (nSPS) is 20.3. The molecule has 1 heterocycles. The van der Waals surface area contributed by atoms with Crippen molar-refractivity contribution in [3.63, 3.8) is 0 Å². The van der Waals surface area contributed by atoms with Gasteiger partial charge in [-0.3, -0.25) is 0 Å². The van der Waals surface area contributed by atoms with Crippen molar-refractivity contribution in [3.05, 3.63) is 29.3 Å². The van der Waals surface area contributed by atoms with Crippen LogP contribution in [0.3, 0.4) is 0 Å². The third kappa shape index (κ3) is 2.79. The van der Waals surface area contributed by atoms with E-state index in [0.29, 0.717) is 5.41 Å². The number of fused-ring (bicyclic) bond motifs is 1. The minimum Gasteiger partial charge on any atom is -0.385 e. The molecule has 19 heavy (non-hydrogen) atoms. The summed E-state index contributed by atoms with van der Waals surface area (Å²) in [6.07, 6.45) is 8.10. The van der Waals surface area contributed by atoms with E-state index in [4.69, 9.17) is 0 Å². The summed E-state index contributed by atoms with van der Waals surface area (Å²) >= 11 is 0. The van der Waals surface area contributed by atoms with Crippen LogP contribution in [0.25, 0.3) is 0 Å². The maximum atomic E-state index is 3.68. The average molecular weight is 258 g/mol. The number of hydrogen-bond donors (Lipinski definition) is 2. The van der Waals surface area contributed by atoms with Gasteiger partial charge in [-0.05, 0) is 54.7 Å². The van der Waals surface area contributed by atoms with E-state index < -0.39 is 0 Å². The SMILES string of the molecule is CCC1(CNCc2ccc3c(c2)CCCN3)CCC1. The number of hydrogen-bond acceptors (Lipinski definition) is 2. The quantitative estimate of drug-likeness (QED) is 0.841. The lowest BCUT2D eigenvalue weighted by Gasteiger charge is -2.41. The lowest BCUT2D eigenvalue weighted by molar-refractivity contribution is 0.124. The van der Waals surface area contributed by atoms with Gasteiger partial charge >= 0.3 is 0 Å². The fourth-order valence-electron chi connectivity index (χ4n) is 3.44. The van der Waals surface area contributed by atoms with Crippen molar-refractivity contribution in [2.24, 2.45) is 5.41 Å². The van der Waals surface area contributed by atoms with E-state index in [1.165, 1.54) is 61.9 Å². The van der Waals surface area contributed by atoms with Crippen LogP contribution >= 0.6 is 0 Å². The molecule has 1 fully saturated rings. The lowest BCUT2D eigenvalue weighted by atomic mass is 9.67. The monoisotopic (exact) mass is 258 g/mol. The Morgan fingerprint density at radius 3 is 2.89 bits per heavy atom. The molecular weight excluding hydrogens is 232 g/mol. The molecule has 0 amide bonds. The van der Waals surface area contributed by atoms with Gasteiger partial charge in [0.1, 0.15) is 0 Å². The average Bonchev–Trinajstić information content (AvgIpc) is 2.42. The molecule has 0 spiro atoms. The van der Waals surface area contributed by atoms with Crippen molar-refractivity contribution in [2.45, 2.75) is 52.0 Å². The molecular formula is C17H26N2. The lowest BCUT2D eigenvalue weighted by Crippen LogP contribution is -2.39. The smallest absolute Gasteiger partial charge is 0.0372 e. The van der Waals surface area contributed by atoms with Crippen molar-refractivity contribution in [2.75, 3.05) is 18.4 Å². The van der Waals surface area contributed by atoms with Gasteiger partial charge < -0.3 is 10.6 Å². The Labute approximate surface area is 117 Å². The summed E-state index contributed by atoms with van der Waals surface area (Å²) in [5, 5.41) is 7.16. The van der Waals surface area contributed by atoms with Gasteiger partial charge in [-0.25, -0.2) is 0 Å². The van der Waals surface area contributed by atoms with Gasteiger partial charge in [-0.1, -0.05) is 25.5 Å². The van der Waals surface area contributed by atoms with Gasteiger partial charge in [0.2, 0.25) is 0 Å². The zero-order valence-corrected chi connectivity index (χ0v) is 12.1. The second kappa shape index (κ2) is 5.54. The highest BCUT2D eigenvalue weighted by Gasteiger charge is 2.34. The van der Waals surface area contributed by atoms with Crippen LogP contribution in [0.15, 0.2) is 18.2 Å². The molecule has 2 N–H and O–H groups in total. The Bertz CT molecular complexity index is 429. The second-order valence-corrected chi connectivity index (χ2v) is 6.33. The summed E-state index contributed by atoms with van der Waals surface area (Å²) in [7, 11) is 0. The molecule has 1 saturated carbocycles. The topological polar surface area (TPSA) is 24.1 Å². The van der Waals surface area contributed by atoms with Crippen molar-refractivity contribution in [3.8, 4) is 0 Å². The largest absolute Gasteiger partial charge is 0.385 e. The Morgan fingerprint density at radius 2 is 2.16 bits per heavy atom. The minimum absolute atomic E-state index is 0.621. The van der Waals surface area contributed by atoms with Gasteiger partial charge in [0.05, 0.1) is 0 Å². The molecule has 1 aliphatic carbocycles. The van der Waals surface area contributed by atoms with Crippen LogP contribution in [0.1, 0.15) is 50.2 Å². The highest BCUT2D eigenvalue weighted by atomic mass is 14.9. The first kappa shape index (κ1) is 13.0. The first-order chi connectivity index (χ1) is 9.31. The molecule has 2 aliphatic rings. The van der Waals surface area contributed by atoms with Crippen molar-refractivity contribution < 1.29 is 0 Å². The molecule has 3 rings (SSSR count). The van der Waals surface area contributed by atoms with Gasteiger partial charge in [-0.2, -0.15) is 0 Å². The fraction of sp³-hybridized carbons (Fsp3) is 0.647. The molecule has 0 saturated heterocycles. The molecule has 1 aromatic rings. The van der Waals surface area contributed by atoms with E-state index in [1.807, 2.05) is 0 Å². The number of nitrogens with one attached hydrogen (secondary N) is 2. The molecule has 0 bridgehead atoms. The van der Waals surface area contributed by atoms with E-state index >= 15 is 0 Å². The zero-order chi connectivity index (χ0) is 13.1. The summed E-state index contributed by atoms with van der Waals surface area (Å²) in [5.41, 5.74) is 4.90. The number of benzene rings is 1. The fourth-order valence-corrected chi connectivity index (χ4v) is 3.44. The molecule has 2 nitrogen and oxygen atoms in total. The van der Waals surface area contributed by atoms with E-state index in [-0.39, 0.29) is 0 Å². The number of aryl methyl sites for hydroxylation is 1. The van der Waals surface area contributed by atoms with Crippen LogP contribution in [0, 0.1) is 5.41 Å². The van der Waals surface area contributed by atoms with E-state index in [9.17, 15) is 0 Å². The maximum Gasteiger partial charge on any atom is 0.0372 e. The third-order valence-corrected chi connectivity index (χ3v) is 5.10. The van der Waals surface area contributed by atoms with Crippen molar-refractivity contribution in [1.82, 2.24) is 5.32 Å². The third-order valence-electron chi connectivity index (χ3n) is 5.10. The Morgan fingerprint density at radius 1 is 1.26 bits per heavy atom. The molecule has 1 aromatic carbocycles. The molecule has 0 unspecified atom stereocenters. The first-order valence-corrected chi connectivity index (χ1v) is 7.88.